The Morgan fingerprint density at radius 1 is 1.30 bits per heavy atom. The number of aliphatic hydroxyl groups is 1. The first-order chi connectivity index (χ1) is 9.72. The van der Waals surface area contributed by atoms with Crippen LogP contribution in [0.5, 0.6) is 0 Å². The van der Waals surface area contributed by atoms with E-state index in [0.29, 0.717) is 13.0 Å². The van der Waals surface area contributed by atoms with Crippen LogP contribution < -0.4 is 5.73 Å². The zero-order valence-corrected chi connectivity index (χ0v) is 11.9. The fourth-order valence-corrected chi connectivity index (χ4v) is 2.96. The smallest absolute Gasteiger partial charge is 0.240 e. The molecule has 0 radical (unpaired) electrons. The molecule has 0 aromatic heterocycles. The Morgan fingerprint density at radius 3 is 2.55 bits per heavy atom. The third-order valence-corrected chi connectivity index (χ3v) is 4.01. The standard InChI is InChI=1S/C16H24N2O2/c17-15(12-13-6-2-1-3-7-13)16(20)18(10-11-19)14-8-4-5-9-14/h1-3,6-7,14-15,19H,4-5,8-12,17H2/t15-/m0/s1. The van der Waals surface area contributed by atoms with Gasteiger partial charge in [-0.3, -0.25) is 4.79 Å². The second-order valence-electron chi connectivity index (χ2n) is 5.49. The minimum atomic E-state index is -0.524. The molecule has 20 heavy (non-hydrogen) atoms. The number of rotatable bonds is 6. The lowest BCUT2D eigenvalue weighted by Gasteiger charge is -2.30. The van der Waals surface area contributed by atoms with Gasteiger partial charge in [-0.15, -0.1) is 0 Å². The van der Waals surface area contributed by atoms with Crippen LogP contribution in [0.4, 0.5) is 0 Å². The van der Waals surface area contributed by atoms with Crippen LogP contribution in [-0.2, 0) is 11.2 Å². The maximum Gasteiger partial charge on any atom is 0.240 e. The van der Waals surface area contributed by atoms with E-state index in [0.717, 1.165) is 31.2 Å². The molecule has 2 rings (SSSR count). The molecule has 0 saturated heterocycles. The van der Waals surface area contributed by atoms with Crippen LogP contribution in [0, 0.1) is 0 Å². The van der Waals surface area contributed by atoms with Gasteiger partial charge in [-0.2, -0.15) is 0 Å². The molecule has 0 unspecified atom stereocenters. The molecule has 1 saturated carbocycles. The third-order valence-electron chi connectivity index (χ3n) is 4.01. The number of hydrogen-bond acceptors (Lipinski definition) is 3. The van der Waals surface area contributed by atoms with Crippen molar-refractivity contribution in [2.24, 2.45) is 5.73 Å². The van der Waals surface area contributed by atoms with E-state index in [-0.39, 0.29) is 18.6 Å². The highest BCUT2D eigenvalue weighted by molar-refractivity contribution is 5.82. The molecule has 1 aromatic carbocycles. The average molecular weight is 276 g/mol. The van der Waals surface area contributed by atoms with Gasteiger partial charge in [-0.05, 0) is 24.8 Å². The van der Waals surface area contributed by atoms with Gasteiger partial charge in [0.2, 0.25) is 5.91 Å². The average Bonchev–Trinajstić information content (AvgIpc) is 2.99. The van der Waals surface area contributed by atoms with E-state index in [1.807, 2.05) is 30.3 Å². The molecule has 4 heteroatoms. The topological polar surface area (TPSA) is 66.6 Å². The van der Waals surface area contributed by atoms with Gasteiger partial charge in [-0.25, -0.2) is 0 Å². The summed E-state index contributed by atoms with van der Waals surface area (Å²) in [6.07, 6.45) is 4.93. The lowest BCUT2D eigenvalue weighted by atomic mass is 10.0. The molecule has 0 aliphatic heterocycles. The number of aliphatic hydroxyl groups excluding tert-OH is 1. The molecule has 110 valence electrons. The summed E-state index contributed by atoms with van der Waals surface area (Å²) in [5, 5.41) is 9.18. The molecule has 1 aliphatic carbocycles. The Kier molecular flexibility index (Phi) is 5.56. The minimum Gasteiger partial charge on any atom is -0.395 e. The van der Waals surface area contributed by atoms with E-state index in [1.165, 1.54) is 0 Å². The molecule has 3 N–H and O–H groups in total. The summed E-state index contributed by atoms with van der Waals surface area (Å²) in [4.78, 5) is 14.3. The third kappa shape index (κ3) is 3.81. The Balaban J connectivity index is 1.99. The summed E-state index contributed by atoms with van der Waals surface area (Å²) in [5.41, 5.74) is 7.15. The number of carbonyl (C=O) groups is 1. The second-order valence-corrected chi connectivity index (χ2v) is 5.49. The van der Waals surface area contributed by atoms with Gasteiger partial charge in [-0.1, -0.05) is 43.2 Å². The monoisotopic (exact) mass is 276 g/mol. The van der Waals surface area contributed by atoms with Crippen LogP contribution >= 0.6 is 0 Å². The summed E-state index contributed by atoms with van der Waals surface area (Å²) < 4.78 is 0. The fourth-order valence-electron chi connectivity index (χ4n) is 2.96. The molecule has 1 aliphatic rings. The normalized spacial score (nSPS) is 17.1. The van der Waals surface area contributed by atoms with E-state index in [9.17, 15) is 9.90 Å². The predicted octanol–water partition coefficient (Wildman–Crippen LogP) is 1.32. The van der Waals surface area contributed by atoms with Crippen molar-refractivity contribution in [3.05, 3.63) is 35.9 Å². The molecule has 1 atom stereocenters. The molecule has 4 nitrogen and oxygen atoms in total. The first-order valence-corrected chi connectivity index (χ1v) is 7.43. The molecular formula is C16H24N2O2. The summed E-state index contributed by atoms with van der Waals surface area (Å²) in [6.45, 7) is 0.395. The van der Waals surface area contributed by atoms with Crippen molar-refractivity contribution in [2.75, 3.05) is 13.2 Å². The van der Waals surface area contributed by atoms with Gasteiger partial charge in [0, 0.05) is 12.6 Å². The summed E-state index contributed by atoms with van der Waals surface area (Å²) in [7, 11) is 0. The Hall–Kier alpha value is -1.39. The van der Waals surface area contributed by atoms with Crippen LogP contribution in [-0.4, -0.2) is 41.1 Å². The number of benzene rings is 1. The predicted molar refractivity (Wildman–Crippen MR) is 79.2 cm³/mol. The zero-order chi connectivity index (χ0) is 14.4. The van der Waals surface area contributed by atoms with Gasteiger partial charge >= 0.3 is 0 Å². The van der Waals surface area contributed by atoms with E-state index in [2.05, 4.69) is 0 Å². The number of nitrogens with zero attached hydrogens (tertiary/aromatic N) is 1. The quantitative estimate of drug-likeness (QED) is 0.823. The van der Waals surface area contributed by atoms with Crippen molar-refractivity contribution in [1.82, 2.24) is 4.90 Å². The molecular weight excluding hydrogens is 252 g/mol. The Morgan fingerprint density at radius 2 is 1.95 bits per heavy atom. The largest absolute Gasteiger partial charge is 0.395 e. The molecule has 1 amide bonds. The number of carbonyl (C=O) groups excluding carboxylic acids is 1. The van der Waals surface area contributed by atoms with Crippen molar-refractivity contribution in [3.8, 4) is 0 Å². The van der Waals surface area contributed by atoms with Gasteiger partial charge in [0.15, 0.2) is 0 Å². The van der Waals surface area contributed by atoms with Crippen LogP contribution in [0.3, 0.4) is 0 Å². The SMILES string of the molecule is N[C@@H](Cc1ccccc1)C(=O)N(CCO)C1CCCC1. The maximum atomic E-state index is 12.5. The van der Waals surface area contributed by atoms with E-state index in [4.69, 9.17) is 5.73 Å². The number of nitrogens with two attached hydrogens (primary N) is 1. The van der Waals surface area contributed by atoms with Crippen molar-refractivity contribution in [2.45, 2.75) is 44.2 Å². The first-order valence-electron chi connectivity index (χ1n) is 7.43. The van der Waals surface area contributed by atoms with Gasteiger partial charge in [0.25, 0.3) is 0 Å². The van der Waals surface area contributed by atoms with E-state index in [1.54, 1.807) is 4.90 Å². The van der Waals surface area contributed by atoms with Gasteiger partial charge < -0.3 is 15.7 Å². The summed E-state index contributed by atoms with van der Waals surface area (Å²) in [5.74, 6) is -0.0326. The van der Waals surface area contributed by atoms with Crippen LogP contribution in [0.2, 0.25) is 0 Å². The second kappa shape index (κ2) is 7.41. The highest BCUT2D eigenvalue weighted by atomic mass is 16.3. The highest BCUT2D eigenvalue weighted by Gasteiger charge is 2.29. The molecule has 0 heterocycles. The van der Waals surface area contributed by atoms with Gasteiger partial charge in [0.1, 0.15) is 0 Å². The first kappa shape index (κ1) is 15.0. The van der Waals surface area contributed by atoms with Crippen LogP contribution in [0.1, 0.15) is 31.2 Å². The molecule has 0 bridgehead atoms. The van der Waals surface area contributed by atoms with E-state index >= 15 is 0 Å². The minimum absolute atomic E-state index is 0.000295. The molecule has 0 spiro atoms. The number of amides is 1. The van der Waals surface area contributed by atoms with Crippen molar-refractivity contribution in [3.63, 3.8) is 0 Å². The Bertz CT molecular complexity index is 416. The molecule has 1 fully saturated rings. The van der Waals surface area contributed by atoms with Crippen molar-refractivity contribution in [1.29, 1.82) is 0 Å². The van der Waals surface area contributed by atoms with Gasteiger partial charge in [0.05, 0.1) is 12.6 Å². The lowest BCUT2D eigenvalue weighted by molar-refractivity contribution is -0.135. The van der Waals surface area contributed by atoms with E-state index < -0.39 is 6.04 Å². The zero-order valence-electron chi connectivity index (χ0n) is 11.9. The summed E-state index contributed by atoms with van der Waals surface area (Å²) in [6, 6.07) is 9.57. The molecule has 1 aromatic rings. The van der Waals surface area contributed by atoms with Crippen LogP contribution in [0.15, 0.2) is 30.3 Å². The maximum absolute atomic E-state index is 12.5. The number of hydrogen-bond donors (Lipinski definition) is 2. The summed E-state index contributed by atoms with van der Waals surface area (Å²) >= 11 is 0. The highest BCUT2D eigenvalue weighted by Crippen LogP contribution is 2.24. The van der Waals surface area contributed by atoms with Crippen molar-refractivity contribution >= 4 is 5.91 Å². The lowest BCUT2D eigenvalue weighted by Crippen LogP contribution is -2.49. The van der Waals surface area contributed by atoms with Crippen molar-refractivity contribution < 1.29 is 9.90 Å². The van der Waals surface area contributed by atoms with Crippen LogP contribution in [0.25, 0.3) is 0 Å². The fraction of sp³-hybridized carbons (Fsp3) is 0.562. The Labute approximate surface area is 120 Å².